The van der Waals surface area contributed by atoms with Gasteiger partial charge in [-0.3, -0.25) is 19.4 Å². The Balaban J connectivity index is 1.53. The second kappa shape index (κ2) is 7.51. The number of hydrogen-bond donors (Lipinski definition) is 1. The van der Waals surface area contributed by atoms with Crippen molar-refractivity contribution >= 4 is 23.2 Å². The first kappa shape index (κ1) is 17.1. The molecule has 0 saturated carbocycles. The van der Waals surface area contributed by atoms with Crippen LogP contribution in [-0.4, -0.2) is 29.8 Å². The molecule has 7 heteroatoms. The first-order chi connectivity index (χ1) is 13.2. The molecule has 0 saturated heterocycles. The molecule has 4 rings (SSSR count). The molecular formula is C20H19N3O4. The van der Waals surface area contributed by atoms with E-state index < -0.39 is 0 Å². The van der Waals surface area contributed by atoms with E-state index in [1.54, 1.807) is 18.6 Å². The Morgan fingerprint density at radius 3 is 2.30 bits per heavy atom. The highest BCUT2D eigenvalue weighted by atomic mass is 16.3. The van der Waals surface area contributed by atoms with Gasteiger partial charge in [0.05, 0.1) is 43.5 Å². The molecule has 3 heterocycles. The summed E-state index contributed by atoms with van der Waals surface area (Å²) in [5.41, 5.74) is 1.35. The SMILES string of the molecule is O=C1CN(C(=O)CN(Cc2ccco2)Cc2ccco2)c2ccccc2N1. The molecule has 0 aliphatic carbocycles. The molecule has 1 N–H and O–H groups in total. The molecule has 138 valence electrons. The summed E-state index contributed by atoms with van der Waals surface area (Å²) >= 11 is 0. The van der Waals surface area contributed by atoms with Crippen LogP contribution in [-0.2, 0) is 22.7 Å². The number of benzene rings is 1. The lowest BCUT2D eigenvalue weighted by atomic mass is 10.2. The molecule has 1 aliphatic heterocycles. The standard InChI is InChI=1S/C20H19N3O4/c24-19-13-23(18-8-2-1-7-17(18)21-19)20(25)14-22(11-15-5-3-9-26-15)12-16-6-4-10-27-16/h1-10H,11-14H2,(H,21,24). The van der Waals surface area contributed by atoms with Gasteiger partial charge >= 0.3 is 0 Å². The van der Waals surface area contributed by atoms with E-state index in [-0.39, 0.29) is 24.9 Å². The predicted molar refractivity (Wildman–Crippen MR) is 99.0 cm³/mol. The van der Waals surface area contributed by atoms with E-state index >= 15 is 0 Å². The van der Waals surface area contributed by atoms with Crippen LogP contribution in [0.4, 0.5) is 11.4 Å². The highest BCUT2D eigenvalue weighted by Crippen LogP contribution is 2.29. The van der Waals surface area contributed by atoms with Gasteiger partial charge in [0.15, 0.2) is 0 Å². The van der Waals surface area contributed by atoms with E-state index in [9.17, 15) is 9.59 Å². The van der Waals surface area contributed by atoms with Crippen molar-refractivity contribution in [1.82, 2.24) is 4.90 Å². The average Bonchev–Trinajstić information content (AvgIpc) is 3.35. The van der Waals surface area contributed by atoms with Crippen LogP contribution in [0.25, 0.3) is 0 Å². The maximum Gasteiger partial charge on any atom is 0.244 e. The molecule has 3 aromatic rings. The third kappa shape index (κ3) is 3.93. The normalized spacial score (nSPS) is 13.5. The fraction of sp³-hybridized carbons (Fsp3) is 0.200. The van der Waals surface area contributed by atoms with Gasteiger partial charge in [-0.2, -0.15) is 0 Å². The Kier molecular flexibility index (Phi) is 4.76. The van der Waals surface area contributed by atoms with Gasteiger partial charge in [0.25, 0.3) is 0 Å². The summed E-state index contributed by atoms with van der Waals surface area (Å²) < 4.78 is 10.8. The zero-order chi connectivity index (χ0) is 18.6. The Hall–Kier alpha value is -3.32. The Labute approximate surface area is 156 Å². The van der Waals surface area contributed by atoms with Crippen LogP contribution in [0.3, 0.4) is 0 Å². The van der Waals surface area contributed by atoms with Crippen molar-refractivity contribution in [3.8, 4) is 0 Å². The smallest absolute Gasteiger partial charge is 0.244 e. The highest BCUT2D eigenvalue weighted by molar-refractivity contribution is 6.10. The second-order valence-electron chi connectivity index (χ2n) is 6.35. The van der Waals surface area contributed by atoms with Crippen molar-refractivity contribution in [3.63, 3.8) is 0 Å². The van der Waals surface area contributed by atoms with Crippen LogP contribution in [0.5, 0.6) is 0 Å². The topological polar surface area (TPSA) is 78.9 Å². The van der Waals surface area contributed by atoms with Crippen molar-refractivity contribution in [3.05, 3.63) is 72.6 Å². The molecule has 1 aromatic carbocycles. The van der Waals surface area contributed by atoms with Gasteiger partial charge in [-0.25, -0.2) is 0 Å². The van der Waals surface area contributed by atoms with Crippen molar-refractivity contribution in [1.29, 1.82) is 0 Å². The average molecular weight is 365 g/mol. The minimum atomic E-state index is -0.203. The van der Waals surface area contributed by atoms with E-state index in [0.29, 0.717) is 24.5 Å². The van der Waals surface area contributed by atoms with Crippen LogP contribution < -0.4 is 10.2 Å². The zero-order valence-corrected chi connectivity index (χ0v) is 14.6. The molecule has 7 nitrogen and oxygen atoms in total. The lowest BCUT2D eigenvalue weighted by molar-refractivity contribution is -0.123. The lowest BCUT2D eigenvalue weighted by Crippen LogP contribution is -2.46. The van der Waals surface area contributed by atoms with Crippen LogP contribution in [0.15, 0.2) is 69.9 Å². The van der Waals surface area contributed by atoms with E-state index in [4.69, 9.17) is 8.83 Å². The molecule has 0 unspecified atom stereocenters. The maximum absolute atomic E-state index is 13.0. The van der Waals surface area contributed by atoms with Crippen LogP contribution in [0, 0.1) is 0 Å². The minimum absolute atomic E-state index is 0.00515. The summed E-state index contributed by atoms with van der Waals surface area (Å²) in [6, 6.07) is 14.6. The van der Waals surface area contributed by atoms with Gasteiger partial charge in [-0.15, -0.1) is 0 Å². The number of amides is 2. The van der Waals surface area contributed by atoms with E-state index in [1.165, 1.54) is 4.90 Å². The van der Waals surface area contributed by atoms with E-state index in [1.807, 2.05) is 47.4 Å². The van der Waals surface area contributed by atoms with Gasteiger partial charge in [0, 0.05) is 0 Å². The summed E-state index contributed by atoms with van der Waals surface area (Å²) in [5, 5.41) is 2.79. The number of nitrogens with one attached hydrogen (secondary N) is 1. The van der Waals surface area contributed by atoms with Crippen LogP contribution in [0.2, 0.25) is 0 Å². The quantitative estimate of drug-likeness (QED) is 0.727. The van der Waals surface area contributed by atoms with Crippen molar-refractivity contribution in [2.45, 2.75) is 13.1 Å². The second-order valence-corrected chi connectivity index (χ2v) is 6.35. The monoisotopic (exact) mass is 365 g/mol. The number of hydrogen-bond acceptors (Lipinski definition) is 5. The molecule has 2 aromatic heterocycles. The molecule has 1 aliphatic rings. The largest absolute Gasteiger partial charge is 0.468 e. The number of para-hydroxylation sites is 2. The van der Waals surface area contributed by atoms with Gasteiger partial charge in [0.2, 0.25) is 11.8 Å². The highest BCUT2D eigenvalue weighted by Gasteiger charge is 2.28. The van der Waals surface area contributed by atoms with Gasteiger partial charge in [-0.1, -0.05) is 12.1 Å². The van der Waals surface area contributed by atoms with Crippen molar-refractivity contribution < 1.29 is 18.4 Å². The summed E-state index contributed by atoms with van der Waals surface area (Å²) in [4.78, 5) is 28.5. The molecule has 0 spiro atoms. The van der Waals surface area contributed by atoms with Gasteiger partial charge in [0.1, 0.15) is 18.1 Å². The van der Waals surface area contributed by atoms with Crippen molar-refractivity contribution in [2.75, 3.05) is 23.3 Å². The van der Waals surface area contributed by atoms with Gasteiger partial charge < -0.3 is 14.2 Å². The number of anilines is 2. The lowest BCUT2D eigenvalue weighted by Gasteiger charge is -2.31. The van der Waals surface area contributed by atoms with Crippen LogP contribution >= 0.6 is 0 Å². The zero-order valence-electron chi connectivity index (χ0n) is 14.6. The first-order valence-electron chi connectivity index (χ1n) is 8.65. The molecule has 0 atom stereocenters. The number of rotatable bonds is 6. The predicted octanol–water partition coefficient (Wildman–Crippen LogP) is 2.86. The fourth-order valence-corrected chi connectivity index (χ4v) is 3.15. The van der Waals surface area contributed by atoms with E-state index in [2.05, 4.69) is 5.32 Å². The summed E-state index contributed by atoms with van der Waals surface area (Å²) in [7, 11) is 0. The number of fused-ring (bicyclic) bond motifs is 1. The molecule has 0 radical (unpaired) electrons. The fourth-order valence-electron chi connectivity index (χ4n) is 3.15. The van der Waals surface area contributed by atoms with Crippen LogP contribution in [0.1, 0.15) is 11.5 Å². The Morgan fingerprint density at radius 1 is 1.00 bits per heavy atom. The third-order valence-electron chi connectivity index (χ3n) is 4.35. The van der Waals surface area contributed by atoms with Crippen molar-refractivity contribution in [2.24, 2.45) is 0 Å². The summed E-state index contributed by atoms with van der Waals surface area (Å²) in [6.45, 7) is 1.05. The first-order valence-corrected chi connectivity index (χ1v) is 8.65. The number of carbonyl (C=O) groups is 2. The Morgan fingerprint density at radius 2 is 1.67 bits per heavy atom. The minimum Gasteiger partial charge on any atom is -0.468 e. The summed E-state index contributed by atoms with van der Waals surface area (Å²) in [5.74, 6) is 1.15. The van der Waals surface area contributed by atoms with E-state index in [0.717, 1.165) is 11.5 Å². The number of carbonyl (C=O) groups excluding carboxylic acids is 2. The molecular weight excluding hydrogens is 346 g/mol. The third-order valence-corrected chi connectivity index (χ3v) is 4.35. The van der Waals surface area contributed by atoms with Gasteiger partial charge in [-0.05, 0) is 36.4 Å². The Bertz CT molecular complexity index is 882. The molecule has 2 amide bonds. The molecule has 0 bridgehead atoms. The number of furan rings is 2. The number of nitrogens with zero attached hydrogens (tertiary/aromatic N) is 2. The maximum atomic E-state index is 13.0. The summed E-state index contributed by atoms with van der Waals surface area (Å²) in [6.07, 6.45) is 3.21. The molecule has 27 heavy (non-hydrogen) atoms. The molecule has 0 fully saturated rings.